The van der Waals surface area contributed by atoms with Crippen molar-refractivity contribution < 1.29 is 23.7 Å². The van der Waals surface area contributed by atoms with E-state index in [0.717, 1.165) is 0 Å². The fourth-order valence-corrected chi connectivity index (χ4v) is 3.05. The normalized spacial score (nSPS) is 10.6. The van der Waals surface area contributed by atoms with E-state index < -0.39 is 5.97 Å². The van der Waals surface area contributed by atoms with Crippen LogP contribution in [0.4, 0.5) is 0 Å². The van der Waals surface area contributed by atoms with E-state index in [0.29, 0.717) is 34.0 Å². The maximum absolute atomic E-state index is 12.7. The summed E-state index contributed by atoms with van der Waals surface area (Å²) in [7, 11) is 4.42. The molecule has 0 amide bonds. The van der Waals surface area contributed by atoms with Crippen LogP contribution >= 0.6 is 0 Å². The van der Waals surface area contributed by atoms with Crippen LogP contribution in [0.25, 0.3) is 10.9 Å². The van der Waals surface area contributed by atoms with Gasteiger partial charge in [-0.1, -0.05) is 12.1 Å². The van der Waals surface area contributed by atoms with E-state index >= 15 is 0 Å². The highest BCUT2D eigenvalue weighted by atomic mass is 16.5. The number of methoxy groups -OCH3 is 3. The molecule has 0 aliphatic rings. The van der Waals surface area contributed by atoms with Crippen LogP contribution in [-0.4, -0.2) is 43.5 Å². The molecule has 0 saturated heterocycles. The third-order valence-corrected chi connectivity index (χ3v) is 4.50. The summed E-state index contributed by atoms with van der Waals surface area (Å²) in [5.74, 6) is 1.08. The minimum absolute atomic E-state index is 0.0102. The lowest BCUT2D eigenvalue weighted by Crippen LogP contribution is -2.26. The molecular weight excluding hydrogens is 376 g/mol. The Labute approximate surface area is 167 Å². The maximum atomic E-state index is 12.7. The molecule has 8 heteroatoms. The molecule has 1 heterocycles. The van der Waals surface area contributed by atoms with Crippen molar-refractivity contribution in [3.05, 3.63) is 58.1 Å². The van der Waals surface area contributed by atoms with Gasteiger partial charge in [-0.15, -0.1) is 0 Å². The van der Waals surface area contributed by atoms with Crippen LogP contribution in [0.2, 0.25) is 0 Å². The molecule has 0 radical (unpaired) electrons. The Bertz CT molecular complexity index is 1080. The van der Waals surface area contributed by atoms with Gasteiger partial charge in [-0.3, -0.25) is 9.36 Å². The number of aromatic nitrogens is 2. The topological polar surface area (TPSA) is 88.9 Å². The Balaban J connectivity index is 1.77. The second kappa shape index (κ2) is 8.64. The quantitative estimate of drug-likeness (QED) is 0.565. The molecular formula is C21H22N2O6. The van der Waals surface area contributed by atoms with Gasteiger partial charge in [0.25, 0.3) is 5.56 Å². The van der Waals surface area contributed by atoms with E-state index in [9.17, 15) is 9.59 Å². The van der Waals surface area contributed by atoms with Gasteiger partial charge in [0.1, 0.15) is 12.4 Å². The number of fused-ring (bicyclic) bond motifs is 1. The van der Waals surface area contributed by atoms with Gasteiger partial charge in [-0.25, -0.2) is 9.78 Å². The maximum Gasteiger partial charge on any atom is 0.338 e. The van der Waals surface area contributed by atoms with Gasteiger partial charge in [0.05, 0.1) is 44.3 Å². The molecule has 0 aliphatic carbocycles. The highest BCUT2D eigenvalue weighted by Crippen LogP contribution is 2.38. The standard InChI is InChI=1S/C21H22N2O6/c1-13-22-16-8-6-5-7-15(16)20(24)23(13)9-10-29-21(25)14-11-17(26-2)19(28-4)18(12-14)27-3/h5-8,11-12H,9-10H2,1-4H3. The largest absolute Gasteiger partial charge is 0.493 e. The molecule has 152 valence electrons. The lowest BCUT2D eigenvalue weighted by atomic mass is 10.2. The number of hydrogen-bond acceptors (Lipinski definition) is 7. The number of para-hydroxylation sites is 1. The summed E-state index contributed by atoms with van der Waals surface area (Å²) in [6.45, 7) is 1.95. The number of carbonyl (C=O) groups is 1. The molecule has 0 bridgehead atoms. The van der Waals surface area contributed by atoms with Crippen molar-refractivity contribution in [1.82, 2.24) is 9.55 Å². The Morgan fingerprint density at radius 1 is 1.03 bits per heavy atom. The van der Waals surface area contributed by atoms with Gasteiger partial charge >= 0.3 is 5.97 Å². The fraction of sp³-hybridized carbons (Fsp3) is 0.286. The monoisotopic (exact) mass is 398 g/mol. The summed E-state index contributed by atoms with van der Waals surface area (Å²) in [4.78, 5) is 29.6. The molecule has 1 aromatic heterocycles. The first-order valence-corrected chi connectivity index (χ1v) is 8.93. The molecule has 3 aromatic rings. The first kappa shape index (κ1) is 20.2. The molecule has 0 fully saturated rings. The average molecular weight is 398 g/mol. The van der Waals surface area contributed by atoms with Gasteiger partial charge in [-0.05, 0) is 31.2 Å². The molecule has 29 heavy (non-hydrogen) atoms. The first-order chi connectivity index (χ1) is 14.0. The van der Waals surface area contributed by atoms with Crippen LogP contribution in [0, 0.1) is 6.92 Å². The van der Waals surface area contributed by atoms with E-state index in [2.05, 4.69) is 4.98 Å². The second-order valence-electron chi connectivity index (χ2n) is 6.18. The molecule has 0 atom stereocenters. The van der Waals surface area contributed by atoms with Crippen molar-refractivity contribution in [2.24, 2.45) is 0 Å². The van der Waals surface area contributed by atoms with Crippen molar-refractivity contribution >= 4 is 16.9 Å². The van der Waals surface area contributed by atoms with Crippen LogP contribution in [0.5, 0.6) is 17.2 Å². The van der Waals surface area contributed by atoms with Gasteiger partial charge in [0, 0.05) is 0 Å². The predicted octanol–water partition coefficient (Wildman–Crippen LogP) is 2.59. The van der Waals surface area contributed by atoms with Gasteiger partial charge in [0.15, 0.2) is 11.5 Å². The van der Waals surface area contributed by atoms with Crippen molar-refractivity contribution in [1.29, 1.82) is 0 Å². The molecule has 0 N–H and O–H groups in total. The summed E-state index contributed by atoms with van der Waals surface area (Å²) in [6, 6.07) is 10.2. The third-order valence-electron chi connectivity index (χ3n) is 4.50. The Hall–Kier alpha value is -3.55. The molecule has 3 rings (SSSR count). The van der Waals surface area contributed by atoms with Crippen LogP contribution in [-0.2, 0) is 11.3 Å². The lowest BCUT2D eigenvalue weighted by molar-refractivity contribution is 0.0488. The first-order valence-electron chi connectivity index (χ1n) is 8.93. The zero-order valence-corrected chi connectivity index (χ0v) is 16.7. The van der Waals surface area contributed by atoms with Crippen molar-refractivity contribution in [3.63, 3.8) is 0 Å². The number of esters is 1. The summed E-state index contributed by atoms with van der Waals surface area (Å²) in [5.41, 5.74) is 0.720. The SMILES string of the molecule is COc1cc(C(=O)OCCn2c(C)nc3ccccc3c2=O)cc(OC)c1OC. The van der Waals surface area contributed by atoms with E-state index in [1.54, 1.807) is 25.1 Å². The molecule has 0 saturated carbocycles. The summed E-state index contributed by atoms with van der Waals surface area (Å²) >= 11 is 0. The Kier molecular flexibility index (Phi) is 6.01. The summed E-state index contributed by atoms with van der Waals surface area (Å²) in [6.07, 6.45) is 0. The van der Waals surface area contributed by atoms with Crippen molar-refractivity contribution in [2.75, 3.05) is 27.9 Å². The number of carbonyl (C=O) groups excluding carboxylic acids is 1. The van der Waals surface area contributed by atoms with E-state index in [1.165, 1.54) is 38.0 Å². The van der Waals surface area contributed by atoms with Gasteiger partial charge in [-0.2, -0.15) is 0 Å². The Morgan fingerprint density at radius 3 is 2.31 bits per heavy atom. The summed E-state index contributed by atoms with van der Waals surface area (Å²) < 4.78 is 22.6. The lowest BCUT2D eigenvalue weighted by Gasteiger charge is -2.14. The molecule has 0 spiro atoms. The number of ether oxygens (including phenoxy) is 4. The van der Waals surface area contributed by atoms with Crippen LogP contribution in [0.15, 0.2) is 41.2 Å². The Morgan fingerprint density at radius 2 is 1.69 bits per heavy atom. The number of aryl methyl sites for hydroxylation is 1. The van der Waals surface area contributed by atoms with Crippen LogP contribution in [0.3, 0.4) is 0 Å². The molecule has 8 nitrogen and oxygen atoms in total. The smallest absolute Gasteiger partial charge is 0.338 e. The minimum Gasteiger partial charge on any atom is -0.493 e. The number of hydrogen-bond donors (Lipinski definition) is 0. The highest BCUT2D eigenvalue weighted by Gasteiger charge is 2.18. The van der Waals surface area contributed by atoms with E-state index in [4.69, 9.17) is 18.9 Å². The van der Waals surface area contributed by atoms with Crippen LogP contribution in [0.1, 0.15) is 16.2 Å². The predicted molar refractivity (Wildman–Crippen MR) is 107 cm³/mol. The van der Waals surface area contributed by atoms with Crippen LogP contribution < -0.4 is 19.8 Å². The zero-order valence-electron chi connectivity index (χ0n) is 16.7. The molecule has 0 unspecified atom stereocenters. The average Bonchev–Trinajstić information content (AvgIpc) is 2.74. The van der Waals surface area contributed by atoms with Crippen molar-refractivity contribution in [3.8, 4) is 17.2 Å². The van der Waals surface area contributed by atoms with E-state index in [1.807, 2.05) is 6.07 Å². The number of benzene rings is 2. The summed E-state index contributed by atoms with van der Waals surface area (Å²) in [5, 5.41) is 0.522. The highest BCUT2D eigenvalue weighted by molar-refractivity contribution is 5.91. The second-order valence-corrected chi connectivity index (χ2v) is 6.18. The van der Waals surface area contributed by atoms with Gasteiger partial charge in [0.2, 0.25) is 5.75 Å². The fourth-order valence-electron chi connectivity index (χ4n) is 3.05. The number of rotatable bonds is 7. The number of nitrogens with zero attached hydrogens (tertiary/aromatic N) is 2. The minimum atomic E-state index is -0.566. The van der Waals surface area contributed by atoms with Gasteiger partial charge < -0.3 is 18.9 Å². The molecule has 0 aliphatic heterocycles. The molecule has 2 aromatic carbocycles. The zero-order chi connectivity index (χ0) is 21.0. The van der Waals surface area contributed by atoms with Crippen molar-refractivity contribution in [2.45, 2.75) is 13.5 Å². The van der Waals surface area contributed by atoms with E-state index in [-0.39, 0.29) is 24.3 Å². The third kappa shape index (κ3) is 4.01.